The molecule has 2 fully saturated rings. The Labute approximate surface area is 173 Å². The van der Waals surface area contributed by atoms with Gasteiger partial charge in [0.25, 0.3) is 0 Å². The van der Waals surface area contributed by atoms with Crippen LogP contribution >= 0.6 is 0 Å². The zero-order valence-electron chi connectivity index (χ0n) is 20.2. The number of aliphatic carboxylic acids is 1. The largest absolute Gasteiger partial charge is 0.478 e. The van der Waals surface area contributed by atoms with Gasteiger partial charge in [0.05, 0.1) is 0 Å². The highest BCUT2D eigenvalue weighted by Gasteiger charge is 2.56. The molecule has 0 bridgehead atoms. The molecular weight excluding hydrogens is 348 g/mol. The lowest BCUT2D eigenvalue weighted by Gasteiger charge is -2.61. The summed E-state index contributed by atoms with van der Waals surface area (Å²) in [7, 11) is 4.40. The van der Waals surface area contributed by atoms with Crippen LogP contribution in [0.2, 0.25) is 0 Å². The van der Waals surface area contributed by atoms with Gasteiger partial charge in [-0.1, -0.05) is 33.3 Å². The van der Waals surface area contributed by atoms with E-state index in [1.54, 1.807) is 0 Å². The second-order valence-corrected chi connectivity index (χ2v) is 11.5. The summed E-state index contributed by atoms with van der Waals surface area (Å²) in [5.74, 6) is -0.202. The van der Waals surface area contributed by atoms with Crippen LogP contribution in [0.5, 0.6) is 0 Å². The van der Waals surface area contributed by atoms with E-state index < -0.39 is 5.97 Å². The number of carboxylic acid groups (broad SMARTS) is 1. The van der Waals surface area contributed by atoms with Gasteiger partial charge in [0.15, 0.2) is 0 Å². The fraction of sp³-hybridized carbons (Fsp3) is 0.875. The number of likely N-dealkylation sites (tertiary alicyclic amines) is 2. The van der Waals surface area contributed by atoms with Gasteiger partial charge in [0, 0.05) is 16.7 Å². The Morgan fingerprint density at radius 1 is 0.786 bits per heavy atom. The van der Waals surface area contributed by atoms with Crippen molar-refractivity contribution in [3.8, 4) is 0 Å². The first-order valence-corrected chi connectivity index (χ1v) is 10.9. The fourth-order valence-corrected chi connectivity index (χ4v) is 5.74. The predicted molar refractivity (Wildman–Crippen MR) is 118 cm³/mol. The monoisotopic (exact) mass is 392 g/mol. The molecule has 4 heteroatoms. The van der Waals surface area contributed by atoms with Crippen LogP contribution in [0.1, 0.15) is 75.2 Å². The molecule has 0 aromatic rings. The highest BCUT2D eigenvalue weighted by molar-refractivity contribution is 5.87. The van der Waals surface area contributed by atoms with E-state index in [1.807, 2.05) is 6.92 Å². The maximum Gasteiger partial charge on any atom is 0.331 e. The third-order valence-corrected chi connectivity index (χ3v) is 9.82. The van der Waals surface area contributed by atoms with Crippen LogP contribution in [0.25, 0.3) is 0 Å². The van der Waals surface area contributed by atoms with Crippen molar-refractivity contribution in [2.24, 2.45) is 22.7 Å². The summed E-state index contributed by atoms with van der Waals surface area (Å²) in [6.07, 6.45) is 2.05. The van der Waals surface area contributed by atoms with Crippen LogP contribution in [0.3, 0.4) is 0 Å². The lowest BCUT2D eigenvalue weighted by atomic mass is 9.52. The van der Waals surface area contributed by atoms with Crippen molar-refractivity contribution >= 4 is 5.97 Å². The number of carbonyl (C=O) groups is 1. The molecule has 0 aromatic carbocycles. The lowest BCUT2D eigenvalue weighted by Crippen LogP contribution is -2.63. The van der Waals surface area contributed by atoms with Crippen molar-refractivity contribution in [2.75, 3.05) is 27.2 Å². The molecule has 2 saturated heterocycles. The Balaban J connectivity index is 2.66. The quantitative estimate of drug-likeness (QED) is 0.694. The van der Waals surface area contributed by atoms with E-state index in [1.165, 1.54) is 5.57 Å². The molecule has 0 spiro atoms. The first kappa shape index (κ1) is 23.4. The molecule has 4 nitrogen and oxygen atoms in total. The summed E-state index contributed by atoms with van der Waals surface area (Å²) in [5.41, 5.74) is 1.77. The van der Waals surface area contributed by atoms with Crippen molar-refractivity contribution in [1.82, 2.24) is 9.80 Å². The number of allylic oxidation sites excluding steroid dienone is 1. The molecule has 28 heavy (non-hydrogen) atoms. The van der Waals surface area contributed by atoms with E-state index in [-0.39, 0.29) is 33.7 Å². The molecule has 0 amide bonds. The first-order chi connectivity index (χ1) is 12.5. The Morgan fingerprint density at radius 2 is 1.11 bits per heavy atom. The molecule has 2 atom stereocenters. The van der Waals surface area contributed by atoms with Gasteiger partial charge in [0.1, 0.15) is 0 Å². The zero-order chi connectivity index (χ0) is 21.9. The average Bonchev–Trinajstić information content (AvgIpc) is 2.55. The molecule has 162 valence electrons. The summed E-state index contributed by atoms with van der Waals surface area (Å²) in [5, 5.41) is 10.0. The standard InChI is InChI=1S/C24H44N2O2/c1-16(20(27)28)19(17-12-14-25(10)23(6,7)21(17,2)3)18-13-15-26(11)24(8,9)22(18,4)5/h17-18H,12-15H2,1-11H3,(H,27,28). The van der Waals surface area contributed by atoms with Gasteiger partial charge in [-0.3, -0.25) is 0 Å². The number of carboxylic acids is 1. The highest BCUT2D eigenvalue weighted by Crippen LogP contribution is 2.57. The summed E-state index contributed by atoms with van der Waals surface area (Å²) in [6, 6.07) is 0. The van der Waals surface area contributed by atoms with Crippen molar-refractivity contribution in [1.29, 1.82) is 0 Å². The van der Waals surface area contributed by atoms with Crippen LogP contribution in [-0.4, -0.2) is 59.1 Å². The van der Waals surface area contributed by atoms with E-state index in [9.17, 15) is 9.90 Å². The highest BCUT2D eigenvalue weighted by atomic mass is 16.4. The van der Waals surface area contributed by atoms with Crippen molar-refractivity contribution in [2.45, 2.75) is 86.2 Å². The summed E-state index contributed by atoms with van der Waals surface area (Å²) < 4.78 is 0. The molecule has 2 rings (SSSR count). The maximum atomic E-state index is 12.2. The summed E-state index contributed by atoms with van der Waals surface area (Å²) in [6.45, 7) is 22.5. The molecule has 2 heterocycles. The number of hydrogen-bond donors (Lipinski definition) is 1. The van der Waals surface area contributed by atoms with Crippen LogP contribution in [0.15, 0.2) is 11.1 Å². The predicted octanol–water partition coefficient (Wildman–Crippen LogP) is 4.90. The fourth-order valence-electron chi connectivity index (χ4n) is 5.74. The third kappa shape index (κ3) is 3.25. The van der Waals surface area contributed by atoms with Gasteiger partial charge in [-0.2, -0.15) is 0 Å². The maximum absolute atomic E-state index is 12.2. The van der Waals surface area contributed by atoms with E-state index in [0.29, 0.717) is 5.57 Å². The van der Waals surface area contributed by atoms with Gasteiger partial charge in [-0.05, 0) is 97.3 Å². The molecule has 2 aliphatic heterocycles. The normalized spacial score (nSPS) is 32.0. The van der Waals surface area contributed by atoms with Gasteiger partial charge in [-0.15, -0.1) is 0 Å². The van der Waals surface area contributed by atoms with E-state index in [4.69, 9.17) is 0 Å². The third-order valence-electron chi connectivity index (χ3n) is 9.82. The van der Waals surface area contributed by atoms with Crippen LogP contribution in [-0.2, 0) is 4.79 Å². The SMILES string of the molecule is CC(C(=O)O)=C(C1CCN(C)C(C)(C)C1(C)C)C1CCN(C)C(C)(C)C1(C)C. The van der Waals surface area contributed by atoms with Crippen LogP contribution < -0.4 is 0 Å². The van der Waals surface area contributed by atoms with Gasteiger partial charge >= 0.3 is 5.97 Å². The van der Waals surface area contributed by atoms with Gasteiger partial charge in [-0.25, -0.2) is 4.79 Å². The Morgan fingerprint density at radius 3 is 1.39 bits per heavy atom. The number of hydrogen-bond acceptors (Lipinski definition) is 3. The Bertz CT molecular complexity index is 614. The van der Waals surface area contributed by atoms with E-state index >= 15 is 0 Å². The number of nitrogens with zero attached hydrogens (tertiary/aromatic N) is 2. The summed E-state index contributed by atoms with van der Waals surface area (Å²) >= 11 is 0. The molecule has 2 unspecified atom stereocenters. The van der Waals surface area contributed by atoms with Crippen LogP contribution in [0.4, 0.5) is 0 Å². The van der Waals surface area contributed by atoms with Crippen LogP contribution in [0, 0.1) is 22.7 Å². The molecule has 0 aliphatic carbocycles. The Hall–Kier alpha value is -0.870. The molecule has 2 aliphatic rings. The van der Waals surface area contributed by atoms with Crippen molar-refractivity contribution in [3.63, 3.8) is 0 Å². The molecule has 0 radical (unpaired) electrons. The molecule has 1 N–H and O–H groups in total. The molecule has 0 aromatic heterocycles. The van der Waals surface area contributed by atoms with E-state index in [0.717, 1.165) is 25.9 Å². The van der Waals surface area contributed by atoms with Crippen molar-refractivity contribution < 1.29 is 9.90 Å². The minimum Gasteiger partial charge on any atom is -0.478 e. The zero-order valence-corrected chi connectivity index (χ0v) is 20.2. The summed E-state index contributed by atoms with van der Waals surface area (Å²) in [4.78, 5) is 17.1. The average molecular weight is 393 g/mol. The second kappa shape index (κ2) is 7.12. The van der Waals surface area contributed by atoms with Gasteiger partial charge in [0.2, 0.25) is 0 Å². The molecule has 0 saturated carbocycles. The smallest absolute Gasteiger partial charge is 0.331 e. The topological polar surface area (TPSA) is 43.8 Å². The van der Waals surface area contributed by atoms with E-state index in [2.05, 4.69) is 79.3 Å². The van der Waals surface area contributed by atoms with Gasteiger partial charge < -0.3 is 14.9 Å². The lowest BCUT2D eigenvalue weighted by molar-refractivity contribution is -0.133. The number of piperidine rings is 2. The minimum atomic E-state index is -0.755. The second-order valence-electron chi connectivity index (χ2n) is 11.5. The Kier molecular flexibility index (Phi) is 5.96. The first-order valence-electron chi connectivity index (χ1n) is 10.9. The number of rotatable bonds is 3. The molecular formula is C24H44N2O2. The minimum absolute atomic E-state index is 0.00503. The van der Waals surface area contributed by atoms with Crippen molar-refractivity contribution in [3.05, 3.63) is 11.1 Å².